The predicted molar refractivity (Wildman–Crippen MR) is 71.1 cm³/mol. The van der Waals surface area contributed by atoms with Crippen molar-refractivity contribution in [3.05, 3.63) is 36.2 Å². The number of aromatic nitrogens is 2. The van der Waals surface area contributed by atoms with E-state index in [0.717, 1.165) is 5.56 Å². The highest BCUT2D eigenvalue weighted by Gasteiger charge is 2.17. The third-order valence-electron chi connectivity index (χ3n) is 2.81. The minimum Gasteiger partial charge on any atom is -0.383 e. The second kappa shape index (κ2) is 5.38. The summed E-state index contributed by atoms with van der Waals surface area (Å²) >= 11 is 0. The molecule has 0 saturated heterocycles. The normalized spacial score (nSPS) is 11.3. The van der Waals surface area contributed by atoms with Crippen LogP contribution in [0.1, 0.15) is 25.8 Å². The van der Waals surface area contributed by atoms with Gasteiger partial charge in [-0.05, 0) is 31.5 Å². The van der Waals surface area contributed by atoms with E-state index >= 15 is 0 Å². The Labute approximate surface area is 111 Å². The number of rotatable bonds is 4. The Morgan fingerprint density at radius 3 is 2.53 bits per heavy atom. The van der Waals surface area contributed by atoms with Gasteiger partial charge in [-0.3, -0.25) is 0 Å². The number of hydrogen-bond acceptors (Lipinski definition) is 1. The van der Waals surface area contributed by atoms with Crippen molar-refractivity contribution in [3.8, 4) is 11.1 Å². The van der Waals surface area contributed by atoms with E-state index in [1.54, 1.807) is 23.1 Å². The summed E-state index contributed by atoms with van der Waals surface area (Å²) in [6.07, 6.45) is 1.01. The molecule has 0 aliphatic rings. The predicted octanol–water partition coefficient (Wildman–Crippen LogP) is 3.26. The van der Waals surface area contributed by atoms with Crippen molar-refractivity contribution < 1.29 is 13.5 Å². The van der Waals surface area contributed by atoms with Crippen LogP contribution in [0.3, 0.4) is 0 Å². The lowest BCUT2D eigenvalue weighted by atomic mass is 10.0. The van der Waals surface area contributed by atoms with E-state index in [0.29, 0.717) is 11.3 Å². The molecule has 2 rings (SSSR count). The Balaban J connectivity index is 2.43. The van der Waals surface area contributed by atoms with Crippen LogP contribution in [0.2, 0.25) is 0 Å². The molecule has 1 aromatic carbocycles. The molecular weight excluding hydrogens is 248 g/mol. The number of aromatic amines is 1. The zero-order valence-corrected chi connectivity index (χ0v) is 11.2. The third-order valence-corrected chi connectivity index (χ3v) is 2.81. The Kier molecular flexibility index (Phi) is 3.83. The molecule has 1 aromatic heterocycles. The summed E-state index contributed by atoms with van der Waals surface area (Å²) in [5, 5.41) is 6.07. The van der Waals surface area contributed by atoms with Gasteiger partial charge in [0.05, 0.1) is 11.8 Å². The molecule has 0 atom stereocenters. The first-order valence-electron chi connectivity index (χ1n) is 6.20. The number of benzene rings is 1. The topological polar surface area (TPSA) is 31.7 Å². The van der Waals surface area contributed by atoms with Crippen LogP contribution in [0.4, 0.5) is 14.5 Å². The van der Waals surface area contributed by atoms with E-state index in [9.17, 15) is 8.78 Å². The lowest BCUT2D eigenvalue weighted by molar-refractivity contribution is -0.726. The number of hydrogen-bond donors (Lipinski definition) is 2. The smallest absolute Gasteiger partial charge is 0.264 e. The van der Waals surface area contributed by atoms with E-state index < -0.39 is 6.43 Å². The fourth-order valence-corrected chi connectivity index (χ4v) is 2.03. The molecule has 0 radical (unpaired) electrons. The van der Waals surface area contributed by atoms with E-state index in [4.69, 9.17) is 0 Å². The Morgan fingerprint density at radius 1 is 1.26 bits per heavy atom. The quantitative estimate of drug-likeness (QED) is 0.818. The molecule has 102 valence electrons. The van der Waals surface area contributed by atoms with E-state index in [2.05, 4.69) is 10.4 Å². The summed E-state index contributed by atoms with van der Waals surface area (Å²) in [6, 6.07) is 5.29. The number of aryl methyl sites for hydroxylation is 1. The van der Waals surface area contributed by atoms with Gasteiger partial charge >= 0.3 is 0 Å². The number of nitrogens with zero attached hydrogens (tertiary/aromatic N) is 1. The minimum atomic E-state index is -2.50. The molecule has 0 saturated carbocycles. The van der Waals surface area contributed by atoms with Gasteiger partial charge in [-0.2, -0.15) is 5.10 Å². The van der Waals surface area contributed by atoms with E-state index in [-0.39, 0.29) is 11.6 Å². The monoisotopic (exact) mass is 266 g/mol. The van der Waals surface area contributed by atoms with Gasteiger partial charge in [0.2, 0.25) is 6.20 Å². The molecule has 2 N–H and O–H groups in total. The van der Waals surface area contributed by atoms with Crippen molar-refractivity contribution in [1.29, 1.82) is 0 Å². The van der Waals surface area contributed by atoms with Gasteiger partial charge in [-0.1, -0.05) is 6.07 Å². The fourth-order valence-electron chi connectivity index (χ4n) is 2.03. The van der Waals surface area contributed by atoms with Gasteiger partial charge in [-0.25, -0.2) is 8.78 Å². The maximum atomic E-state index is 13.2. The second-order valence-corrected chi connectivity index (χ2v) is 4.87. The molecule has 5 heteroatoms. The largest absolute Gasteiger partial charge is 0.383 e. The first-order valence-corrected chi connectivity index (χ1v) is 6.20. The highest BCUT2D eigenvalue weighted by atomic mass is 19.3. The van der Waals surface area contributed by atoms with Gasteiger partial charge in [0.15, 0.2) is 7.05 Å². The van der Waals surface area contributed by atoms with Crippen LogP contribution < -0.4 is 10.00 Å². The maximum Gasteiger partial charge on any atom is 0.264 e. The number of alkyl halides is 2. The zero-order valence-electron chi connectivity index (χ0n) is 11.2. The molecule has 1 heterocycles. The van der Waals surface area contributed by atoms with Gasteiger partial charge in [0.25, 0.3) is 6.43 Å². The summed E-state index contributed by atoms with van der Waals surface area (Å²) in [5.74, 6) is 0. The number of nitrogens with one attached hydrogen (secondary N) is 2. The van der Waals surface area contributed by atoms with Crippen LogP contribution in [0.25, 0.3) is 11.1 Å². The Bertz CT molecular complexity index is 562. The van der Waals surface area contributed by atoms with Crippen LogP contribution in [-0.4, -0.2) is 11.1 Å². The zero-order chi connectivity index (χ0) is 14.0. The standard InChI is InChI=1S/C14H17F2N3/c1-9(2)18-11-4-5-12(13(6-11)14(15)16)10-7-17-19(3)8-10/h4-9,14,18H,1-3H3/p+1. The van der Waals surface area contributed by atoms with Crippen molar-refractivity contribution in [3.63, 3.8) is 0 Å². The first-order chi connectivity index (χ1) is 8.97. The Hall–Kier alpha value is -1.91. The molecule has 0 bridgehead atoms. The lowest BCUT2D eigenvalue weighted by Gasteiger charge is -2.13. The average Bonchev–Trinajstić information content (AvgIpc) is 2.74. The molecule has 0 aliphatic carbocycles. The van der Waals surface area contributed by atoms with Crippen LogP contribution in [0, 0.1) is 0 Å². The number of H-pyrrole nitrogens is 1. The maximum absolute atomic E-state index is 13.2. The van der Waals surface area contributed by atoms with Crippen LogP contribution in [-0.2, 0) is 7.05 Å². The molecule has 3 nitrogen and oxygen atoms in total. The Morgan fingerprint density at radius 2 is 2.00 bits per heavy atom. The van der Waals surface area contributed by atoms with E-state index in [1.807, 2.05) is 27.0 Å². The van der Waals surface area contributed by atoms with Crippen LogP contribution in [0.15, 0.2) is 30.6 Å². The van der Waals surface area contributed by atoms with Gasteiger partial charge < -0.3 is 5.32 Å². The summed E-state index contributed by atoms with van der Waals surface area (Å²) in [5.41, 5.74) is 2.08. The third kappa shape index (κ3) is 3.10. The number of halogens is 2. The minimum absolute atomic E-state index is 0.0465. The molecule has 0 fully saturated rings. The molecule has 2 aromatic rings. The van der Waals surface area contributed by atoms with Crippen LogP contribution in [0.5, 0.6) is 0 Å². The summed E-state index contributed by atoms with van der Waals surface area (Å²) in [7, 11) is 1.82. The highest BCUT2D eigenvalue weighted by molar-refractivity contribution is 5.69. The van der Waals surface area contributed by atoms with Crippen molar-refractivity contribution in [1.82, 2.24) is 5.10 Å². The number of anilines is 1. The average molecular weight is 266 g/mol. The van der Waals surface area contributed by atoms with Crippen molar-refractivity contribution in [2.75, 3.05) is 5.32 Å². The first kappa shape index (κ1) is 13.5. The molecule has 0 unspecified atom stereocenters. The molecule has 19 heavy (non-hydrogen) atoms. The van der Waals surface area contributed by atoms with Gasteiger partial charge in [0.1, 0.15) is 0 Å². The SMILES string of the molecule is CC(C)Nc1ccc(-c2c[nH][n+](C)c2)c(C(F)F)c1. The van der Waals surface area contributed by atoms with Crippen molar-refractivity contribution in [2.24, 2.45) is 7.05 Å². The molecule has 0 aliphatic heterocycles. The van der Waals surface area contributed by atoms with E-state index in [1.165, 1.54) is 6.07 Å². The molecule has 0 spiro atoms. The second-order valence-electron chi connectivity index (χ2n) is 4.87. The summed E-state index contributed by atoms with van der Waals surface area (Å²) < 4.78 is 28.1. The van der Waals surface area contributed by atoms with Crippen molar-refractivity contribution >= 4 is 5.69 Å². The fraction of sp³-hybridized carbons (Fsp3) is 0.357. The summed E-state index contributed by atoms with van der Waals surface area (Å²) in [6.45, 7) is 3.95. The van der Waals surface area contributed by atoms with Crippen LogP contribution >= 0.6 is 0 Å². The van der Waals surface area contributed by atoms with Crippen molar-refractivity contribution in [2.45, 2.75) is 26.3 Å². The lowest BCUT2D eigenvalue weighted by Crippen LogP contribution is -2.27. The molecular formula is C14H18F2N3+. The van der Waals surface area contributed by atoms with Gasteiger partial charge in [-0.15, -0.1) is 4.68 Å². The molecule has 0 amide bonds. The van der Waals surface area contributed by atoms with Gasteiger partial charge in [0, 0.05) is 17.3 Å². The summed E-state index contributed by atoms with van der Waals surface area (Å²) in [4.78, 5) is 0. The highest BCUT2D eigenvalue weighted by Crippen LogP contribution is 2.32.